The van der Waals surface area contributed by atoms with Crippen molar-refractivity contribution in [1.82, 2.24) is 4.90 Å². The summed E-state index contributed by atoms with van der Waals surface area (Å²) in [5.74, 6) is 1.94. The Labute approximate surface area is 63.4 Å². The molecule has 1 heterocycles. The summed E-state index contributed by atoms with van der Waals surface area (Å²) in [5, 5.41) is 1.13. The quantitative estimate of drug-likeness (QED) is 0.535. The van der Waals surface area contributed by atoms with E-state index in [0.29, 0.717) is 0 Å². The molecule has 0 saturated carbocycles. The smallest absolute Gasteiger partial charge is 0.220 e. The minimum atomic E-state index is 0.190. The maximum absolute atomic E-state index is 10.7. The standard InChI is InChI=1S/C5H9NOS2/c1-5(7)6-2-8-4-9-3-6/h2-4H2,1H3. The molecule has 52 valence electrons. The topological polar surface area (TPSA) is 20.3 Å². The zero-order chi connectivity index (χ0) is 6.69. The van der Waals surface area contributed by atoms with Crippen LogP contribution >= 0.6 is 23.5 Å². The van der Waals surface area contributed by atoms with Gasteiger partial charge in [-0.25, -0.2) is 0 Å². The fourth-order valence-electron chi connectivity index (χ4n) is 0.573. The van der Waals surface area contributed by atoms with E-state index in [-0.39, 0.29) is 5.91 Å². The molecular formula is C5H9NOS2. The highest BCUT2D eigenvalue weighted by Gasteiger charge is 2.11. The van der Waals surface area contributed by atoms with Gasteiger partial charge in [0.15, 0.2) is 0 Å². The van der Waals surface area contributed by atoms with E-state index in [4.69, 9.17) is 0 Å². The summed E-state index contributed by atoms with van der Waals surface area (Å²) in [5.41, 5.74) is 0. The second kappa shape index (κ2) is 3.37. The van der Waals surface area contributed by atoms with Crippen molar-refractivity contribution in [2.75, 3.05) is 16.8 Å². The van der Waals surface area contributed by atoms with Gasteiger partial charge in [-0.2, -0.15) is 0 Å². The van der Waals surface area contributed by atoms with Gasteiger partial charge < -0.3 is 4.90 Å². The molecule has 0 unspecified atom stereocenters. The van der Waals surface area contributed by atoms with Crippen molar-refractivity contribution in [3.8, 4) is 0 Å². The second-order valence-electron chi connectivity index (χ2n) is 1.84. The van der Waals surface area contributed by atoms with E-state index in [1.807, 2.05) is 4.90 Å². The molecule has 0 bridgehead atoms. The molecule has 0 N–H and O–H groups in total. The summed E-state index contributed by atoms with van der Waals surface area (Å²) in [7, 11) is 0. The number of hydrogen-bond acceptors (Lipinski definition) is 3. The van der Waals surface area contributed by atoms with Gasteiger partial charge in [-0.15, -0.1) is 23.5 Å². The minimum absolute atomic E-state index is 0.190. The molecular weight excluding hydrogens is 154 g/mol. The van der Waals surface area contributed by atoms with Crippen molar-refractivity contribution in [2.45, 2.75) is 6.92 Å². The first-order chi connectivity index (χ1) is 4.30. The molecule has 0 aromatic heterocycles. The SMILES string of the molecule is CC(=O)N1CSCSC1. The Hall–Kier alpha value is 0.170. The molecule has 1 amide bonds. The Morgan fingerprint density at radius 1 is 1.44 bits per heavy atom. The normalized spacial score (nSPS) is 19.9. The third-order valence-corrected chi connectivity index (χ3v) is 3.43. The molecule has 0 aromatic rings. The lowest BCUT2D eigenvalue weighted by atomic mass is 10.6. The second-order valence-corrected chi connectivity index (χ2v) is 4.12. The van der Waals surface area contributed by atoms with E-state index in [9.17, 15) is 4.79 Å². The maximum atomic E-state index is 10.7. The van der Waals surface area contributed by atoms with Gasteiger partial charge in [0.25, 0.3) is 0 Å². The average molecular weight is 163 g/mol. The monoisotopic (exact) mass is 163 g/mol. The minimum Gasteiger partial charge on any atom is -0.324 e. The summed E-state index contributed by atoms with van der Waals surface area (Å²) < 4.78 is 0. The molecule has 0 radical (unpaired) electrons. The molecule has 0 aromatic carbocycles. The molecule has 1 aliphatic rings. The number of nitrogens with zero attached hydrogens (tertiary/aromatic N) is 1. The van der Waals surface area contributed by atoms with Crippen molar-refractivity contribution < 1.29 is 4.79 Å². The molecule has 9 heavy (non-hydrogen) atoms. The Kier molecular flexibility index (Phi) is 2.72. The van der Waals surface area contributed by atoms with Crippen molar-refractivity contribution in [3.05, 3.63) is 0 Å². The van der Waals surface area contributed by atoms with Gasteiger partial charge in [0.2, 0.25) is 5.91 Å². The maximum Gasteiger partial charge on any atom is 0.220 e. The predicted octanol–water partition coefficient (Wildman–Crippen LogP) is 1.19. The van der Waals surface area contributed by atoms with Gasteiger partial charge in [-0.3, -0.25) is 4.79 Å². The zero-order valence-corrected chi connectivity index (χ0v) is 6.93. The Balaban J connectivity index is 2.31. The Morgan fingerprint density at radius 3 is 2.33 bits per heavy atom. The molecule has 0 spiro atoms. The van der Waals surface area contributed by atoms with E-state index in [2.05, 4.69) is 0 Å². The largest absolute Gasteiger partial charge is 0.324 e. The number of amides is 1. The van der Waals surface area contributed by atoms with E-state index in [1.54, 1.807) is 30.4 Å². The highest BCUT2D eigenvalue weighted by molar-refractivity contribution is 8.16. The van der Waals surface area contributed by atoms with Crippen LogP contribution in [-0.4, -0.2) is 27.6 Å². The van der Waals surface area contributed by atoms with Crippen LogP contribution in [0.15, 0.2) is 0 Å². The molecule has 1 aliphatic heterocycles. The number of carbonyl (C=O) groups is 1. The van der Waals surface area contributed by atoms with Crippen LogP contribution in [0.5, 0.6) is 0 Å². The van der Waals surface area contributed by atoms with Crippen LogP contribution < -0.4 is 0 Å². The first kappa shape index (κ1) is 7.28. The molecule has 0 atom stereocenters. The van der Waals surface area contributed by atoms with Gasteiger partial charge in [-0.1, -0.05) is 0 Å². The third kappa shape index (κ3) is 2.10. The van der Waals surface area contributed by atoms with Crippen molar-refractivity contribution in [3.63, 3.8) is 0 Å². The molecule has 0 aliphatic carbocycles. The fraction of sp³-hybridized carbons (Fsp3) is 0.800. The number of rotatable bonds is 0. The summed E-state index contributed by atoms with van der Waals surface area (Å²) in [4.78, 5) is 12.5. The van der Waals surface area contributed by atoms with Gasteiger partial charge in [0.1, 0.15) is 0 Å². The number of hydrogen-bond donors (Lipinski definition) is 0. The van der Waals surface area contributed by atoms with Crippen molar-refractivity contribution >= 4 is 29.4 Å². The Morgan fingerprint density at radius 2 is 2.00 bits per heavy atom. The average Bonchev–Trinajstić information content (AvgIpc) is 1.90. The lowest BCUT2D eigenvalue weighted by molar-refractivity contribution is -0.127. The van der Waals surface area contributed by atoms with Gasteiger partial charge >= 0.3 is 0 Å². The molecule has 1 rings (SSSR count). The lowest BCUT2D eigenvalue weighted by Crippen LogP contribution is -2.30. The molecule has 4 heteroatoms. The van der Waals surface area contributed by atoms with Crippen LogP contribution in [0.3, 0.4) is 0 Å². The van der Waals surface area contributed by atoms with Crippen LogP contribution in [-0.2, 0) is 4.79 Å². The fourth-order valence-corrected chi connectivity index (χ4v) is 2.74. The highest BCUT2D eigenvalue weighted by atomic mass is 32.2. The van der Waals surface area contributed by atoms with E-state index < -0.39 is 0 Å². The van der Waals surface area contributed by atoms with Gasteiger partial charge in [0, 0.05) is 12.0 Å². The molecule has 2 nitrogen and oxygen atoms in total. The summed E-state index contributed by atoms with van der Waals surface area (Å²) >= 11 is 3.60. The van der Waals surface area contributed by atoms with E-state index in [0.717, 1.165) is 16.8 Å². The third-order valence-electron chi connectivity index (χ3n) is 1.11. The van der Waals surface area contributed by atoms with Crippen LogP contribution in [0.25, 0.3) is 0 Å². The zero-order valence-electron chi connectivity index (χ0n) is 5.29. The van der Waals surface area contributed by atoms with E-state index in [1.165, 1.54) is 0 Å². The van der Waals surface area contributed by atoms with Crippen molar-refractivity contribution in [1.29, 1.82) is 0 Å². The Bertz CT molecular complexity index is 112. The van der Waals surface area contributed by atoms with Gasteiger partial charge in [-0.05, 0) is 0 Å². The van der Waals surface area contributed by atoms with Crippen molar-refractivity contribution in [2.24, 2.45) is 0 Å². The predicted molar refractivity (Wildman–Crippen MR) is 42.3 cm³/mol. The van der Waals surface area contributed by atoms with Crippen LogP contribution in [0.2, 0.25) is 0 Å². The summed E-state index contributed by atoms with van der Waals surface area (Å²) in [6.45, 7) is 1.62. The lowest BCUT2D eigenvalue weighted by Gasteiger charge is -2.23. The number of thioether (sulfide) groups is 2. The highest BCUT2D eigenvalue weighted by Crippen LogP contribution is 2.21. The van der Waals surface area contributed by atoms with Crippen LogP contribution in [0, 0.1) is 0 Å². The van der Waals surface area contributed by atoms with E-state index >= 15 is 0 Å². The summed E-state index contributed by atoms with van der Waals surface area (Å²) in [6.07, 6.45) is 0. The number of carbonyl (C=O) groups excluding carboxylic acids is 1. The first-order valence-corrected chi connectivity index (χ1v) is 5.02. The summed E-state index contributed by atoms with van der Waals surface area (Å²) in [6, 6.07) is 0. The molecule has 1 fully saturated rings. The first-order valence-electron chi connectivity index (χ1n) is 2.71. The van der Waals surface area contributed by atoms with Gasteiger partial charge in [0.05, 0.1) is 11.8 Å². The van der Waals surface area contributed by atoms with Crippen LogP contribution in [0.4, 0.5) is 0 Å². The molecule has 1 saturated heterocycles. The van der Waals surface area contributed by atoms with Crippen LogP contribution in [0.1, 0.15) is 6.92 Å².